The number of likely N-dealkylation sites (tertiary alicyclic amines) is 1. The van der Waals surface area contributed by atoms with Crippen LogP contribution in [0, 0.1) is 5.92 Å². The molecule has 5 heteroatoms. The number of carbonyl (C=O) groups excluding carboxylic acids is 1. The van der Waals surface area contributed by atoms with Crippen LogP contribution in [0.2, 0.25) is 0 Å². The van der Waals surface area contributed by atoms with E-state index in [-0.39, 0.29) is 18.5 Å². The Morgan fingerprint density at radius 3 is 2.69 bits per heavy atom. The van der Waals surface area contributed by atoms with Gasteiger partial charge in [-0.25, -0.2) is 8.78 Å². The van der Waals surface area contributed by atoms with Crippen LogP contribution in [0.1, 0.15) is 25.7 Å². The van der Waals surface area contributed by atoms with Gasteiger partial charge in [0, 0.05) is 19.0 Å². The fourth-order valence-electron chi connectivity index (χ4n) is 2.48. The maximum atomic E-state index is 12.5. The van der Waals surface area contributed by atoms with Gasteiger partial charge in [0.15, 0.2) is 0 Å². The monoisotopic (exact) mass is 232 g/mol. The van der Waals surface area contributed by atoms with Crippen molar-refractivity contribution in [1.29, 1.82) is 0 Å². The number of carbonyl (C=O) groups is 1. The van der Waals surface area contributed by atoms with E-state index >= 15 is 0 Å². The molecule has 1 amide bonds. The summed E-state index contributed by atoms with van der Waals surface area (Å²) in [4.78, 5) is 13.6. The lowest BCUT2D eigenvalue weighted by molar-refractivity contribution is -0.133. The van der Waals surface area contributed by atoms with Crippen molar-refractivity contribution in [3.8, 4) is 0 Å². The highest BCUT2D eigenvalue weighted by atomic mass is 19.3. The predicted octanol–water partition coefficient (Wildman–Crippen LogP) is 1.24. The number of hydrogen-bond acceptors (Lipinski definition) is 2. The van der Waals surface area contributed by atoms with Gasteiger partial charge in [-0.2, -0.15) is 0 Å². The van der Waals surface area contributed by atoms with Crippen LogP contribution in [0.25, 0.3) is 0 Å². The Hall–Kier alpha value is -0.710. The van der Waals surface area contributed by atoms with Gasteiger partial charge in [0.05, 0.1) is 6.04 Å². The van der Waals surface area contributed by atoms with Crippen LogP contribution in [-0.2, 0) is 4.79 Å². The van der Waals surface area contributed by atoms with Crippen molar-refractivity contribution >= 4 is 5.91 Å². The summed E-state index contributed by atoms with van der Waals surface area (Å²) >= 11 is 0. The highest BCUT2D eigenvalue weighted by molar-refractivity contribution is 5.82. The molecule has 2 atom stereocenters. The SMILES string of the molecule is O=C(C1CCCCN1)N1CCC(C(F)F)C1. The molecule has 0 aliphatic carbocycles. The molecule has 2 aliphatic rings. The lowest BCUT2D eigenvalue weighted by Crippen LogP contribution is -2.47. The molecule has 2 rings (SSSR count). The van der Waals surface area contributed by atoms with Gasteiger partial charge in [-0.05, 0) is 25.8 Å². The third-order valence-electron chi connectivity index (χ3n) is 3.50. The van der Waals surface area contributed by atoms with Crippen LogP contribution in [0.4, 0.5) is 8.78 Å². The van der Waals surface area contributed by atoms with Crippen molar-refractivity contribution < 1.29 is 13.6 Å². The number of piperidine rings is 1. The van der Waals surface area contributed by atoms with Crippen LogP contribution in [0.5, 0.6) is 0 Å². The summed E-state index contributed by atoms with van der Waals surface area (Å²) in [7, 11) is 0. The lowest BCUT2D eigenvalue weighted by Gasteiger charge is -2.27. The molecule has 0 saturated carbocycles. The molecular weight excluding hydrogens is 214 g/mol. The zero-order valence-electron chi connectivity index (χ0n) is 9.29. The summed E-state index contributed by atoms with van der Waals surface area (Å²) in [6.45, 7) is 1.59. The highest BCUT2D eigenvalue weighted by Gasteiger charge is 2.34. The van der Waals surface area contributed by atoms with Gasteiger partial charge in [-0.3, -0.25) is 4.79 Å². The van der Waals surface area contributed by atoms with E-state index in [2.05, 4.69) is 5.32 Å². The molecular formula is C11H18F2N2O. The van der Waals surface area contributed by atoms with Gasteiger partial charge in [0.2, 0.25) is 12.3 Å². The second-order valence-electron chi connectivity index (χ2n) is 4.67. The van der Waals surface area contributed by atoms with E-state index in [9.17, 15) is 13.6 Å². The molecule has 2 saturated heterocycles. The minimum absolute atomic E-state index is 0.0165. The second kappa shape index (κ2) is 5.08. The Bertz CT molecular complexity index is 254. The fourth-order valence-corrected chi connectivity index (χ4v) is 2.48. The lowest BCUT2D eigenvalue weighted by atomic mass is 10.0. The molecule has 1 N–H and O–H groups in total. The molecule has 2 unspecified atom stereocenters. The van der Waals surface area contributed by atoms with E-state index in [1.807, 2.05) is 0 Å². The van der Waals surface area contributed by atoms with E-state index in [1.54, 1.807) is 4.90 Å². The van der Waals surface area contributed by atoms with Crippen LogP contribution in [0.3, 0.4) is 0 Å². The van der Waals surface area contributed by atoms with Crippen molar-refractivity contribution in [3.05, 3.63) is 0 Å². The number of alkyl halides is 2. The molecule has 0 bridgehead atoms. The summed E-state index contributed by atoms with van der Waals surface area (Å²) < 4.78 is 24.9. The van der Waals surface area contributed by atoms with E-state index in [1.165, 1.54) is 0 Å². The smallest absolute Gasteiger partial charge is 0.243 e. The van der Waals surface area contributed by atoms with Crippen molar-refractivity contribution in [2.45, 2.75) is 38.2 Å². The first kappa shape index (κ1) is 11.8. The van der Waals surface area contributed by atoms with Crippen LogP contribution < -0.4 is 5.32 Å². The Balaban J connectivity index is 1.86. The van der Waals surface area contributed by atoms with Gasteiger partial charge in [0.1, 0.15) is 0 Å². The molecule has 92 valence electrons. The topological polar surface area (TPSA) is 32.3 Å². The number of halogens is 2. The van der Waals surface area contributed by atoms with Crippen LogP contribution in [-0.4, -0.2) is 42.9 Å². The van der Waals surface area contributed by atoms with Crippen molar-refractivity contribution in [1.82, 2.24) is 10.2 Å². The van der Waals surface area contributed by atoms with E-state index in [0.717, 1.165) is 25.8 Å². The van der Waals surface area contributed by atoms with Gasteiger partial charge >= 0.3 is 0 Å². The van der Waals surface area contributed by atoms with Gasteiger partial charge < -0.3 is 10.2 Å². The average Bonchev–Trinajstić information content (AvgIpc) is 2.78. The van der Waals surface area contributed by atoms with Gasteiger partial charge in [-0.15, -0.1) is 0 Å². The molecule has 0 spiro atoms. The molecule has 3 nitrogen and oxygen atoms in total. The first-order valence-electron chi connectivity index (χ1n) is 5.99. The minimum Gasteiger partial charge on any atom is -0.341 e. The third-order valence-corrected chi connectivity index (χ3v) is 3.50. The summed E-state index contributed by atoms with van der Waals surface area (Å²) in [5.74, 6) is -0.601. The molecule has 0 aromatic heterocycles. The van der Waals surface area contributed by atoms with Crippen molar-refractivity contribution in [2.75, 3.05) is 19.6 Å². The largest absolute Gasteiger partial charge is 0.341 e. The minimum atomic E-state index is -2.29. The average molecular weight is 232 g/mol. The number of rotatable bonds is 2. The molecule has 0 radical (unpaired) electrons. The summed E-state index contributed by atoms with van der Waals surface area (Å²) in [6.07, 6.45) is 1.14. The van der Waals surface area contributed by atoms with E-state index in [4.69, 9.17) is 0 Å². The Labute approximate surface area is 94.2 Å². The van der Waals surface area contributed by atoms with Crippen molar-refractivity contribution in [2.24, 2.45) is 5.92 Å². The maximum absolute atomic E-state index is 12.5. The number of amides is 1. The van der Waals surface area contributed by atoms with E-state index in [0.29, 0.717) is 13.0 Å². The summed E-state index contributed by atoms with van der Waals surface area (Å²) in [5, 5.41) is 3.16. The quantitative estimate of drug-likeness (QED) is 0.777. The first-order chi connectivity index (χ1) is 7.68. The third kappa shape index (κ3) is 2.51. The van der Waals surface area contributed by atoms with E-state index < -0.39 is 12.3 Å². The molecule has 2 fully saturated rings. The fraction of sp³-hybridized carbons (Fsp3) is 0.909. The first-order valence-corrected chi connectivity index (χ1v) is 5.99. The second-order valence-corrected chi connectivity index (χ2v) is 4.67. The van der Waals surface area contributed by atoms with Crippen LogP contribution in [0.15, 0.2) is 0 Å². The standard InChI is InChI=1S/C11H18F2N2O/c12-10(13)8-4-6-15(7-8)11(16)9-3-1-2-5-14-9/h8-10,14H,1-7H2. The maximum Gasteiger partial charge on any atom is 0.243 e. The van der Waals surface area contributed by atoms with Crippen LogP contribution >= 0.6 is 0 Å². The highest BCUT2D eigenvalue weighted by Crippen LogP contribution is 2.24. The number of nitrogens with zero attached hydrogens (tertiary/aromatic N) is 1. The van der Waals surface area contributed by atoms with Gasteiger partial charge in [-0.1, -0.05) is 6.42 Å². The molecule has 0 aromatic carbocycles. The molecule has 2 aliphatic heterocycles. The Kier molecular flexibility index (Phi) is 3.74. The molecule has 16 heavy (non-hydrogen) atoms. The van der Waals surface area contributed by atoms with Crippen molar-refractivity contribution in [3.63, 3.8) is 0 Å². The normalized spacial score (nSPS) is 31.1. The summed E-state index contributed by atoms with van der Waals surface area (Å²) in [5.41, 5.74) is 0. The number of nitrogens with one attached hydrogen (secondary N) is 1. The summed E-state index contributed by atoms with van der Waals surface area (Å²) in [6, 6.07) is -0.134. The Morgan fingerprint density at radius 2 is 2.12 bits per heavy atom. The van der Waals surface area contributed by atoms with Gasteiger partial charge in [0.25, 0.3) is 0 Å². The zero-order chi connectivity index (χ0) is 11.5. The molecule has 2 heterocycles. The zero-order valence-corrected chi connectivity index (χ0v) is 9.29. The predicted molar refractivity (Wildman–Crippen MR) is 56.3 cm³/mol. The number of hydrogen-bond donors (Lipinski definition) is 1. The molecule has 0 aromatic rings. The Morgan fingerprint density at radius 1 is 1.31 bits per heavy atom.